The fraction of sp³-hybridized carbons (Fsp3) is 0.410. The second kappa shape index (κ2) is 17.0. The van der Waals surface area contributed by atoms with E-state index in [1.807, 2.05) is 60.8 Å². The van der Waals surface area contributed by atoms with Crippen molar-refractivity contribution in [2.75, 3.05) is 36.6 Å². The average Bonchev–Trinajstić information content (AvgIpc) is 3.77. The highest BCUT2D eigenvalue weighted by molar-refractivity contribution is 7.90. The zero-order valence-electron chi connectivity index (χ0n) is 28.6. The number of aryl methyl sites for hydroxylation is 1. The maximum Gasteiger partial charge on any atom is 0.251 e. The highest BCUT2D eigenvalue weighted by atomic mass is 32.2. The lowest BCUT2D eigenvalue weighted by molar-refractivity contribution is -0.112. The van der Waals surface area contributed by atoms with Gasteiger partial charge in [0.1, 0.15) is 18.2 Å². The number of rotatable bonds is 15. The van der Waals surface area contributed by atoms with Gasteiger partial charge in [0, 0.05) is 54.3 Å². The van der Waals surface area contributed by atoms with Crippen molar-refractivity contribution in [2.45, 2.75) is 82.0 Å². The maximum absolute atomic E-state index is 13.7. The molecule has 6 rings (SSSR count). The predicted octanol–water partition coefficient (Wildman–Crippen LogP) is 7.64. The predicted molar refractivity (Wildman–Crippen MR) is 196 cm³/mol. The molecule has 1 amide bonds. The highest BCUT2D eigenvalue weighted by Crippen LogP contribution is 2.36. The number of imidazole rings is 1. The van der Waals surface area contributed by atoms with Gasteiger partial charge in [-0.2, -0.15) is 0 Å². The zero-order valence-corrected chi connectivity index (χ0v) is 29.4. The van der Waals surface area contributed by atoms with Crippen LogP contribution in [-0.4, -0.2) is 57.4 Å². The van der Waals surface area contributed by atoms with Crippen LogP contribution in [0.25, 0.3) is 17.2 Å². The van der Waals surface area contributed by atoms with Crippen molar-refractivity contribution in [1.29, 1.82) is 0 Å². The monoisotopic (exact) mass is 681 g/mol. The fourth-order valence-electron chi connectivity index (χ4n) is 6.49. The fourth-order valence-corrected chi connectivity index (χ4v) is 7.61. The number of unbranched alkanes of at least 4 members (excludes halogenated alkanes) is 1. The van der Waals surface area contributed by atoms with E-state index in [1.165, 1.54) is 0 Å². The second-order valence-electron chi connectivity index (χ2n) is 12.7. The molecule has 2 aromatic carbocycles. The van der Waals surface area contributed by atoms with Crippen LogP contribution in [0.1, 0.15) is 70.1 Å². The number of hydrogen-bond donors (Lipinski definition) is 1. The van der Waals surface area contributed by atoms with Crippen LogP contribution in [0, 0.1) is 0 Å². The number of carbonyl (C=O) groups excluding carboxylic acids is 1. The van der Waals surface area contributed by atoms with Crippen LogP contribution in [0.3, 0.4) is 0 Å². The lowest BCUT2D eigenvalue weighted by atomic mass is 9.96. The van der Waals surface area contributed by atoms with Crippen molar-refractivity contribution >= 4 is 34.7 Å². The molecule has 0 aliphatic carbocycles. The molecule has 1 saturated heterocycles. The lowest BCUT2D eigenvalue weighted by Gasteiger charge is -2.29. The van der Waals surface area contributed by atoms with Crippen LogP contribution in [0.15, 0.2) is 83.8 Å². The summed E-state index contributed by atoms with van der Waals surface area (Å²) in [5.41, 5.74) is 5.34. The van der Waals surface area contributed by atoms with E-state index in [4.69, 9.17) is 14.5 Å². The Morgan fingerprint density at radius 1 is 1.00 bits per heavy atom. The first-order valence-corrected chi connectivity index (χ1v) is 18.9. The van der Waals surface area contributed by atoms with E-state index in [0.717, 1.165) is 103 Å². The van der Waals surface area contributed by atoms with Crippen LogP contribution in [0.4, 0.5) is 11.5 Å². The average molecular weight is 682 g/mol. The lowest BCUT2D eigenvalue weighted by Crippen LogP contribution is -2.32. The topological polar surface area (TPSA) is 105 Å². The molecular formula is C39H47N5O4S. The summed E-state index contributed by atoms with van der Waals surface area (Å²) in [6.45, 7) is 7.96. The number of amides is 1. The first-order valence-electron chi connectivity index (χ1n) is 17.6. The van der Waals surface area contributed by atoms with Gasteiger partial charge in [-0.15, -0.1) is 0 Å². The van der Waals surface area contributed by atoms with Crippen molar-refractivity contribution < 1.29 is 18.8 Å². The van der Waals surface area contributed by atoms with E-state index in [2.05, 4.69) is 39.7 Å². The highest BCUT2D eigenvalue weighted by Gasteiger charge is 2.30. The quantitative estimate of drug-likeness (QED) is 0.102. The SMILES string of the molecule is CCCCOCCOc1ccc(-c2cnc3c(c2)C=C(C(=O)Nc2ccc([S@@+]([O-])Cc4cncn4CCC)cc2)CC[C@@H]2CCCN32)cc1. The van der Waals surface area contributed by atoms with E-state index in [1.54, 1.807) is 12.5 Å². The normalized spacial score (nSPS) is 16.3. The van der Waals surface area contributed by atoms with Gasteiger partial charge >= 0.3 is 0 Å². The number of carbonyl (C=O) groups is 1. The van der Waals surface area contributed by atoms with E-state index in [-0.39, 0.29) is 5.91 Å². The van der Waals surface area contributed by atoms with Gasteiger partial charge in [-0.1, -0.05) is 32.4 Å². The van der Waals surface area contributed by atoms with Crippen molar-refractivity contribution in [3.63, 3.8) is 0 Å². The molecule has 0 unspecified atom stereocenters. The van der Waals surface area contributed by atoms with Crippen molar-refractivity contribution in [3.05, 3.63) is 90.1 Å². The molecule has 49 heavy (non-hydrogen) atoms. The van der Waals surface area contributed by atoms with Gasteiger partial charge < -0.3 is 28.8 Å². The van der Waals surface area contributed by atoms with Gasteiger partial charge in [0.05, 0.1) is 24.8 Å². The first kappa shape index (κ1) is 34.7. The molecule has 2 atom stereocenters. The molecule has 10 heteroatoms. The molecule has 258 valence electrons. The van der Waals surface area contributed by atoms with Crippen LogP contribution in [0.5, 0.6) is 5.75 Å². The molecule has 0 saturated carbocycles. The van der Waals surface area contributed by atoms with E-state index >= 15 is 0 Å². The number of hydrogen-bond acceptors (Lipinski definition) is 7. The van der Waals surface area contributed by atoms with Crippen LogP contribution < -0.4 is 15.0 Å². The summed E-state index contributed by atoms with van der Waals surface area (Å²) in [7, 11) is 0. The van der Waals surface area contributed by atoms with Crippen molar-refractivity contribution in [1.82, 2.24) is 14.5 Å². The summed E-state index contributed by atoms with van der Waals surface area (Å²) in [6, 6.07) is 17.9. The minimum absolute atomic E-state index is 0.125. The Kier molecular flexibility index (Phi) is 12.1. The van der Waals surface area contributed by atoms with Crippen LogP contribution >= 0.6 is 0 Å². The summed E-state index contributed by atoms with van der Waals surface area (Å²) < 4.78 is 26.6. The Hall–Kier alpha value is -4.12. The van der Waals surface area contributed by atoms with Gasteiger partial charge in [0.15, 0.2) is 10.6 Å². The number of anilines is 2. The van der Waals surface area contributed by atoms with E-state index in [0.29, 0.717) is 37.1 Å². The van der Waals surface area contributed by atoms with Gasteiger partial charge in [-0.25, -0.2) is 9.97 Å². The smallest absolute Gasteiger partial charge is 0.251 e. The van der Waals surface area contributed by atoms with Crippen LogP contribution in [0.2, 0.25) is 0 Å². The van der Waals surface area contributed by atoms with Gasteiger partial charge in [0.25, 0.3) is 5.91 Å². The summed E-state index contributed by atoms with van der Waals surface area (Å²) in [5, 5.41) is 3.09. The Balaban J connectivity index is 1.15. The van der Waals surface area contributed by atoms with E-state index < -0.39 is 11.2 Å². The number of pyridine rings is 1. The molecule has 2 aliphatic heterocycles. The molecule has 4 heterocycles. The van der Waals surface area contributed by atoms with Gasteiger partial charge in [0.2, 0.25) is 0 Å². The zero-order chi connectivity index (χ0) is 34.0. The molecule has 1 fully saturated rings. The van der Waals surface area contributed by atoms with Crippen LogP contribution in [-0.2, 0) is 33.0 Å². The summed E-state index contributed by atoms with van der Waals surface area (Å²) in [4.78, 5) is 26.0. The second-order valence-corrected chi connectivity index (χ2v) is 14.2. The number of nitrogens with one attached hydrogen (secondary N) is 1. The Morgan fingerprint density at radius 2 is 1.84 bits per heavy atom. The number of benzene rings is 2. The molecular weight excluding hydrogens is 635 g/mol. The molecule has 4 aromatic rings. The third kappa shape index (κ3) is 8.92. The Bertz CT molecular complexity index is 1710. The minimum Gasteiger partial charge on any atom is -0.611 e. The third-order valence-electron chi connectivity index (χ3n) is 9.16. The molecule has 0 spiro atoms. The largest absolute Gasteiger partial charge is 0.611 e. The number of fused-ring (bicyclic) bond motifs is 3. The molecule has 2 aromatic heterocycles. The van der Waals surface area contributed by atoms with Gasteiger partial charge in [-0.3, -0.25) is 4.79 Å². The van der Waals surface area contributed by atoms with Crippen molar-refractivity contribution in [3.8, 4) is 16.9 Å². The maximum atomic E-state index is 13.7. The first-order chi connectivity index (χ1) is 24.0. The summed E-state index contributed by atoms with van der Waals surface area (Å²) in [6.07, 6.45) is 14.5. The minimum atomic E-state index is -1.22. The number of ether oxygens (including phenoxy) is 2. The number of aromatic nitrogens is 3. The number of nitrogens with zero attached hydrogens (tertiary/aromatic N) is 4. The molecule has 0 bridgehead atoms. The van der Waals surface area contributed by atoms with Crippen molar-refractivity contribution in [2.24, 2.45) is 0 Å². The molecule has 9 nitrogen and oxygen atoms in total. The summed E-state index contributed by atoms with van der Waals surface area (Å²) in [5.74, 6) is 2.02. The molecule has 1 N–H and O–H groups in total. The van der Waals surface area contributed by atoms with E-state index in [9.17, 15) is 9.35 Å². The Morgan fingerprint density at radius 3 is 2.63 bits per heavy atom. The molecule has 2 aliphatic rings. The molecule has 0 radical (unpaired) electrons. The third-order valence-corrected chi connectivity index (χ3v) is 10.5. The van der Waals surface area contributed by atoms with Gasteiger partial charge in [-0.05, 0) is 104 Å². The standard InChI is InChI=1S/C39H47N5O4S/c1-3-5-20-47-21-22-48-36-14-9-29(10-15-36)32-24-31-23-30(8-13-34-7-6-19-44(34)38(31)41-25-32)39(45)42-33-11-16-37(17-12-33)49(46)27-35-26-40-28-43(35)18-4-2/h9-12,14-17,23-26,28,34H,3-8,13,18-22,27H2,1-2H3,(H,42,45)/t34-,49-/m0/s1. The summed E-state index contributed by atoms with van der Waals surface area (Å²) >= 11 is -1.22. The Labute approximate surface area is 292 Å².